The van der Waals surface area contributed by atoms with Crippen molar-refractivity contribution in [3.05, 3.63) is 65.5 Å². The van der Waals surface area contributed by atoms with Crippen LogP contribution in [0.4, 0.5) is 18.0 Å². The Balaban J connectivity index is 1.50. The molecular weight excluding hydrogens is 433 g/mol. The molecule has 4 rings (SSSR count). The summed E-state index contributed by atoms with van der Waals surface area (Å²) in [6, 6.07) is 11.4. The standard InChI is InChI=1S/C24H27F3N4O2/c1-23(33)12-10-17(11-13-23)28-22(32)31-20(21-29-18-4-2-3-5-19(18)30-21)14-15-6-8-16(9-7-15)24(25,26)27/h2-9,17,20,33H,10-14H2,1H3,(H,29,30)(H2,28,31,32)/t17-,20-,23+/m1/s1. The van der Waals surface area contributed by atoms with Gasteiger partial charge in [-0.15, -0.1) is 0 Å². The summed E-state index contributed by atoms with van der Waals surface area (Å²) in [6.07, 6.45) is -1.57. The number of carbonyl (C=O) groups is 1. The van der Waals surface area contributed by atoms with Gasteiger partial charge in [-0.3, -0.25) is 0 Å². The molecule has 6 nitrogen and oxygen atoms in total. The fourth-order valence-electron chi connectivity index (χ4n) is 4.19. The second kappa shape index (κ2) is 9.05. The Morgan fingerprint density at radius 3 is 2.48 bits per heavy atom. The van der Waals surface area contributed by atoms with Crippen LogP contribution < -0.4 is 10.6 Å². The molecular formula is C24H27F3N4O2. The number of H-pyrrole nitrogens is 1. The van der Waals surface area contributed by atoms with Crippen LogP contribution in [0.5, 0.6) is 0 Å². The maximum absolute atomic E-state index is 12.9. The fraction of sp³-hybridized carbons (Fsp3) is 0.417. The molecule has 3 aromatic rings. The van der Waals surface area contributed by atoms with E-state index in [9.17, 15) is 23.1 Å². The lowest BCUT2D eigenvalue weighted by Gasteiger charge is -2.33. The highest BCUT2D eigenvalue weighted by atomic mass is 19.4. The first-order chi connectivity index (χ1) is 15.6. The summed E-state index contributed by atoms with van der Waals surface area (Å²) in [7, 11) is 0. The van der Waals surface area contributed by atoms with Gasteiger partial charge < -0.3 is 20.7 Å². The number of nitrogens with zero attached hydrogens (tertiary/aromatic N) is 1. The second-order valence-corrected chi connectivity index (χ2v) is 8.98. The number of benzene rings is 2. The predicted molar refractivity (Wildman–Crippen MR) is 119 cm³/mol. The molecule has 4 N–H and O–H groups in total. The van der Waals surface area contributed by atoms with Gasteiger partial charge in [0.1, 0.15) is 5.82 Å². The van der Waals surface area contributed by atoms with E-state index in [0.717, 1.165) is 23.2 Å². The Labute approximate surface area is 189 Å². The van der Waals surface area contributed by atoms with Crippen LogP contribution in [0.25, 0.3) is 11.0 Å². The molecule has 1 aliphatic rings. The van der Waals surface area contributed by atoms with Gasteiger partial charge in [0.25, 0.3) is 0 Å². The third kappa shape index (κ3) is 5.84. The maximum Gasteiger partial charge on any atom is 0.416 e. The molecule has 1 fully saturated rings. The van der Waals surface area contributed by atoms with E-state index < -0.39 is 23.4 Å². The summed E-state index contributed by atoms with van der Waals surface area (Å²) in [5.41, 5.74) is 0.768. The monoisotopic (exact) mass is 460 g/mol. The molecule has 176 valence electrons. The number of carbonyl (C=O) groups excluding carboxylic acids is 1. The topological polar surface area (TPSA) is 90.0 Å². The molecule has 0 bridgehead atoms. The van der Waals surface area contributed by atoms with Crippen LogP contribution in [0, 0.1) is 0 Å². The second-order valence-electron chi connectivity index (χ2n) is 8.98. The molecule has 1 heterocycles. The molecule has 1 atom stereocenters. The Hall–Kier alpha value is -3.07. The molecule has 2 amide bonds. The number of urea groups is 1. The summed E-state index contributed by atoms with van der Waals surface area (Å²) >= 11 is 0. The van der Waals surface area contributed by atoms with Crippen LogP contribution in [-0.2, 0) is 12.6 Å². The number of hydrogen-bond acceptors (Lipinski definition) is 3. The van der Waals surface area contributed by atoms with Crippen molar-refractivity contribution >= 4 is 17.1 Å². The lowest BCUT2D eigenvalue weighted by molar-refractivity contribution is -0.137. The van der Waals surface area contributed by atoms with E-state index in [1.54, 1.807) is 6.92 Å². The SMILES string of the molecule is C[C@]1(O)CC[C@@H](NC(=O)N[C@H](Cc2ccc(C(F)(F)F)cc2)c2nc3ccccc3[nH]2)CC1. The average Bonchev–Trinajstić information content (AvgIpc) is 3.19. The van der Waals surface area contributed by atoms with E-state index in [4.69, 9.17) is 0 Å². The smallest absolute Gasteiger partial charge is 0.390 e. The number of amides is 2. The van der Waals surface area contributed by atoms with Crippen LogP contribution in [0.15, 0.2) is 48.5 Å². The Morgan fingerprint density at radius 1 is 1.18 bits per heavy atom. The van der Waals surface area contributed by atoms with Crippen molar-refractivity contribution in [3.63, 3.8) is 0 Å². The molecule has 1 aromatic heterocycles. The zero-order valence-corrected chi connectivity index (χ0v) is 18.2. The third-order valence-electron chi connectivity index (χ3n) is 6.16. The Morgan fingerprint density at radius 2 is 1.85 bits per heavy atom. The normalized spacial score (nSPS) is 22.2. The zero-order chi connectivity index (χ0) is 23.6. The molecule has 9 heteroatoms. The van der Waals surface area contributed by atoms with Gasteiger partial charge in [-0.25, -0.2) is 9.78 Å². The summed E-state index contributed by atoms with van der Waals surface area (Å²) < 4.78 is 38.7. The van der Waals surface area contributed by atoms with Gasteiger partial charge in [-0.1, -0.05) is 24.3 Å². The minimum Gasteiger partial charge on any atom is -0.390 e. The fourth-order valence-corrected chi connectivity index (χ4v) is 4.19. The lowest BCUT2D eigenvalue weighted by Crippen LogP contribution is -2.47. The van der Waals surface area contributed by atoms with E-state index >= 15 is 0 Å². The van der Waals surface area contributed by atoms with Crippen LogP contribution in [0.1, 0.15) is 55.6 Å². The number of halogens is 3. The summed E-state index contributed by atoms with van der Waals surface area (Å²) in [4.78, 5) is 20.6. The number of aromatic nitrogens is 2. The van der Waals surface area contributed by atoms with Crippen LogP contribution in [0.2, 0.25) is 0 Å². The Bertz CT molecular complexity index is 1070. The zero-order valence-electron chi connectivity index (χ0n) is 18.2. The first-order valence-corrected chi connectivity index (χ1v) is 11.0. The third-order valence-corrected chi connectivity index (χ3v) is 6.16. The van der Waals surface area contributed by atoms with Gasteiger partial charge >= 0.3 is 12.2 Å². The highest BCUT2D eigenvalue weighted by Gasteiger charge is 2.31. The van der Waals surface area contributed by atoms with Crippen molar-refractivity contribution in [2.75, 3.05) is 0 Å². The van der Waals surface area contributed by atoms with Crippen molar-refractivity contribution in [3.8, 4) is 0 Å². The quantitative estimate of drug-likeness (QED) is 0.438. The van der Waals surface area contributed by atoms with Gasteiger partial charge in [-0.2, -0.15) is 13.2 Å². The first kappa shape index (κ1) is 23.1. The van der Waals surface area contributed by atoms with Crippen LogP contribution in [-0.4, -0.2) is 32.7 Å². The summed E-state index contributed by atoms with van der Waals surface area (Å²) in [6.45, 7) is 1.80. The van der Waals surface area contributed by atoms with Crippen molar-refractivity contribution in [1.29, 1.82) is 0 Å². The van der Waals surface area contributed by atoms with Gasteiger partial charge in [0.05, 0.1) is 28.2 Å². The predicted octanol–water partition coefficient (Wildman–Crippen LogP) is 4.86. The number of imidazole rings is 1. The van der Waals surface area contributed by atoms with Gasteiger partial charge in [0.2, 0.25) is 0 Å². The molecule has 0 unspecified atom stereocenters. The highest BCUT2D eigenvalue weighted by molar-refractivity contribution is 5.76. The highest BCUT2D eigenvalue weighted by Crippen LogP contribution is 2.30. The van der Waals surface area contributed by atoms with Crippen LogP contribution in [0.3, 0.4) is 0 Å². The minimum atomic E-state index is -4.40. The molecule has 1 saturated carbocycles. The molecule has 1 aliphatic carbocycles. The number of fused-ring (bicyclic) bond motifs is 1. The molecule has 0 spiro atoms. The molecule has 0 radical (unpaired) electrons. The van der Waals surface area contributed by atoms with Crippen molar-refractivity contribution in [2.24, 2.45) is 0 Å². The summed E-state index contributed by atoms with van der Waals surface area (Å²) in [5, 5.41) is 16.0. The van der Waals surface area contributed by atoms with Crippen molar-refractivity contribution in [2.45, 2.75) is 62.9 Å². The number of hydrogen-bond donors (Lipinski definition) is 4. The largest absolute Gasteiger partial charge is 0.416 e. The van der Waals surface area contributed by atoms with E-state index in [1.165, 1.54) is 12.1 Å². The number of aliphatic hydroxyl groups is 1. The number of aromatic amines is 1. The van der Waals surface area contributed by atoms with Crippen molar-refractivity contribution in [1.82, 2.24) is 20.6 Å². The summed E-state index contributed by atoms with van der Waals surface area (Å²) in [5.74, 6) is 0.526. The number of alkyl halides is 3. The number of para-hydroxylation sites is 2. The molecule has 2 aromatic carbocycles. The number of rotatable bonds is 5. The number of nitrogens with one attached hydrogen (secondary N) is 3. The average molecular weight is 461 g/mol. The van der Waals surface area contributed by atoms with E-state index in [0.29, 0.717) is 37.1 Å². The maximum atomic E-state index is 12.9. The van der Waals surface area contributed by atoms with E-state index in [1.807, 2.05) is 24.3 Å². The molecule has 33 heavy (non-hydrogen) atoms. The lowest BCUT2D eigenvalue weighted by atomic mass is 9.84. The Kier molecular flexibility index (Phi) is 6.34. The molecule has 0 aliphatic heterocycles. The van der Waals surface area contributed by atoms with Gasteiger partial charge in [0, 0.05) is 6.04 Å². The van der Waals surface area contributed by atoms with E-state index in [2.05, 4.69) is 20.6 Å². The van der Waals surface area contributed by atoms with Gasteiger partial charge in [0.15, 0.2) is 0 Å². The molecule has 0 saturated heterocycles. The van der Waals surface area contributed by atoms with Crippen molar-refractivity contribution < 1.29 is 23.1 Å². The van der Waals surface area contributed by atoms with Gasteiger partial charge in [-0.05, 0) is 68.9 Å². The minimum absolute atomic E-state index is 0.0485. The first-order valence-electron chi connectivity index (χ1n) is 11.0. The van der Waals surface area contributed by atoms with Crippen LogP contribution >= 0.6 is 0 Å². The van der Waals surface area contributed by atoms with E-state index in [-0.39, 0.29) is 18.5 Å².